The van der Waals surface area contributed by atoms with Crippen molar-refractivity contribution in [2.75, 3.05) is 26.2 Å². The first-order chi connectivity index (χ1) is 6.79. The van der Waals surface area contributed by atoms with Crippen LogP contribution in [0.3, 0.4) is 0 Å². The molecule has 1 saturated heterocycles. The molecule has 1 rings (SSSR count). The Hall–Kier alpha value is 1.18. The second-order valence-corrected chi connectivity index (χ2v) is 5.54. The second-order valence-electron chi connectivity index (χ2n) is 2.80. The summed E-state index contributed by atoms with van der Waals surface area (Å²) in [6.45, 7) is 1.76. The molecule has 0 spiro atoms. The van der Waals surface area contributed by atoms with Crippen LogP contribution < -0.4 is 34.9 Å². The van der Waals surface area contributed by atoms with E-state index in [1.165, 1.54) is 0 Å². The quantitative estimate of drug-likeness (QED) is 0.303. The van der Waals surface area contributed by atoms with Gasteiger partial charge in [-0.2, -0.15) is 14.0 Å². The van der Waals surface area contributed by atoms with Gasteiger partial charge in [0.15, 0.2) is 0 Å². The Morgan fingerprint density at radius 3 is 2.12 bits per heavy atom. The fraction of sp³-hybridized carbons (Fsp3) is 1.00. The molecule has 16 heavy (non-hydrogen) atoms. The number of hydroxylamine groups is 2. The summed E-state index contributed by atoms with van der Waals surface area (Å²) in [4.78, 5) is 25.6. The molecule has 0 bridgehead atoms. The van der Waals surface area contributed by atoms with Gasteiger partial charge in [0.1, 0.15) is 0 Å². The van der Waals surface area contributed by atoms with Crippen molar-refractivity contribution in [2.45, 2.75) is 0 Å². The van der Waals surface area contributed by atoms with Crippen LogP contribution in [-0.2, 0) is 18.1 Å². The van der Waals surface area contributed by atoms with Crippen molar-refractivity contribution in [3.63, 3.8) is 0 Å². The molecule has 4 N–H and O–H groups in total. The molecule has 0 aliphatic carbocycles. The Kier molecular flexibility index (Phi) is 7.45. The van der Waals surface area contributed by atoms with Gasteiger partial charge in [0.2, 0.25) is 0 Å². The fourth-order valence-electron chi connectivity index (χ4n) is 1.02. The Balaban J connectivity index is 0. The van der Waals surface area contributed by atoms with Crippen LogP contribution in [0.5, 0.6) is 0 Å². The zero-order valence-electron chi connectivity index (χ0n) is 9.64. The summed E-state index contributed by atoms with van der Waals surface area (Å²) in [5, 5.41) is 4.08. The summed E-state index contributed by atoms with van der Waals surface area (Å²) in [6, 6.07) is 0. The number of nitrogens with one attached hydrogen (secondary N) is 1. The maximum absolute atomic E-state index is 11.1. The van der Waals surface area contributed by atoms with Gasteiger partial charge < -0.3 is 21.4 Å². The van der Waals surface area contributed by atoms with E-state index in [-0.39, 0.29) is 31.0 Å². The maximum atomic E-state index is 11.1. The SMILES string of the molecule is O=P(O)(O)OP(=O)(O)ON1CCNCC1.[H-].[Na+]. The standard InChI is InChI=1S/C4H12N2O7P2.Na.H/c7-14(8,9)13-15(10,11)12-6-3-1-5-2-4-6;;/h5H,1-4H2,(H,10,11)(H2,7,8,9);;/q;+1;-1. The predicted molar refractivity (Wildman–Crippen MR) is 49.6 cm³/mol. The van der Waals surface area contributed by atoms with Crippen LogP contribution in [0.2, 0.25) is 0 Å². The van der Waals surface area contributed by atoms with Crippen molar-refractivity contribution < 1.29 is 63.7 Å². The number of phosphoric acid groups is 2. The van der Waals surface area contributed by atoms with Crippen molar-refractivity contribution in [1.82, 2.24) is 10.4 Å². The monoisotopic (exact) mass is 286 g/mol. The van der Waals surface area contributed by atoms with Crippen molar-refractivity contribution in [1.29, 1.82) is 0 Å². The van der Waals surface area contributed by atoms with Crippen LogP contribution >= 0.6 is 15.6 Å². The van der Waals surface area contributed by atoms with Gasteiger partial charge >= 0.3 is 45.2 Å². The van der Waals surface area contributed by atoms with E-state index in [0.717, 1.165) is 5.06 Å². The van der Waals surface area contributed by atoms with Crippen molar-refractivity contribution in [3.8, 4) is 0 Å². The van der Waals surface area contributed by atoms with Gasteiger partial charge in [0.05, 0.1) is 0 Å². The Morgan fingerprint density at radius 1 is 1.19 bits per heavy atom. The summed E-state index contributed by atoms with van der Waals surface area (Å²) >= 11 is 0. The molecular formula is C4H13N2NaO7P2. The van der Waals surface area contributed by atoms with Crippen molar-refractivity contribution >= 4 is 15.6 Å². The first kappa shape index (κ1) is 17.2. The van der Waals surface area contributed by atoms with Gasteiger partial charge in [-0.3, -0.25) is 0 Å². The fourth-order valence-corrected chi connectivity index (χ4v) is 2.67. The Morgan fingerprint density at radius 2 is 1.69 bits per heavy atom. The average Bonchev–Trinajstić information content (AvgIpc) is 1.99. The maximum Gasteiger partial charge on any atom is 1.00 e. The van der Waals surface area contributed by atoms with E-state index in [0.29, 0.717) is 26.2 Å². The van der Waals surface area contributed by atoms with Gasteiger partial charge in [0, 0.05) is 26.2 Å². The van der Waals surface area contributed by atoms with Crippen molar-refractivity contribution in [2.24, 2.45) is 0 Å². The molecule has 0 aromatic heterocycles. The zero-order chi connectivity index (χ0) is 11.5. The van der Waals surface area contributed by atoms with Crippen LogP contribution in [0.1, 0.15) is 1.43 Å². The molecule has 12 heteroatoms. The van der Waals surface area contributed by atoms with E-state index >= 15 is 0 Å². The zero-order valence-corrected chi connectivity index (χ0v) is 12.4. The summed E-state index contributed by atoms with van der Waals surface area (Å²) in [5.74, 6) is 0. The number of hydrogen-bond acceptors (Lipinski definition) is 6. The molecular weight excluding hydrogens is 273 g/mol. The predicted octanol–water partition coefficient (Wildman–Crippen LogP) is -3.85. The second kappa shape index (κ2) is 6.94. The first-order valence-electron chi connectivity index (χ1n) is 4.04. The minimum Gasteiger partial charge on any atom is -1.00 e. The van der Waals surface area contributed by atoms with Crippen LogP contribution in [-0.4, -0.2) is 45.9 Å². The topological polar surface area (TPSA) is 129 Å². The Labute approximate surface area is 116 Å². The van der Waals surface area contributed by atoms with Crippen LogP contribution in [0, 0.1) is 0 Å². The molecule has 0 saturated carbocycles. The summed E-state index contributed by atoms with van der Waals surface area (Å²) in [5.41, 5.74) is 0. The third-order valence-corrected chi connectivity index (χ3v) is 3.62. The molecule has 1 fully saturated rings. The van der Waals surface area contributed by atoms with Gasteiger partial charge in [0.25, 0.3) is 0 Å². The molecule has 0 aromatic rings. The van der Waals surface area contributed by atoms with Gasteiger partial charge in [-0.15, -0.1) is 0 Å². The van der Waals surface area contributed by atoms with E-state index in [1.807, 2.05) is 0 Å². The van der Waals surface area contributed by atoms with E-state index in [1.54, 1.807) is 0 Å². The number of rotatable bonds is 4. The molecule has 0 radical (unpaired) electrons. The molecule has 1 aliphatic heterocycles. The van der Waals surface area contributed by atoms with Crippen LogP contribution in [0.4, 0.5) is 0 Å². The molecule has 1 aliphatic rings. The van der Waals surface area contributed by atoms with Gasteiger partial charge in [-0.05, 0) is 0 Å². The number of nitrogens with zero attached hydrogens (tertiary/aromatic N) is 1. The molecule has 9 nitrogen and oxygen atoms in total. The first-order valence-corrected chi connectivity index (χ1v) is 7.06. The molecule has 0 amide bonds. The van der Waals surface area contributed by atoms with E-state index < -0.39 is 15.6 Å². The summed E-state index contributed by atoms with van der Waals surface area (Å²) in [7, 11) is -9.78. The van der Waals surface area contributed by atoms with E-state index in [2.05, 4.69) is 14.3 Å². The van der Waals surface area contributed by atoms with Crippen molar-refractivity contribution in [3.05, 3.63) is 0 Å². The van der Waals surface area contributed by atoms with Crippen LogP contribution in [0.25, 0.3) is 0 Å². The Bertz CT molecular complexity index is 308. The minimum atomic E-state index is -5.04. The molecule has 1 unspecified atom stereocenters. The normalized spacial score (nSPS) is 22.2. The third-order valence-electron chi connectivity index (χ3n) is 1.50. The van der Waals surface area contributed by atoms with E-state index in [9.17, 15) is 9.13 Å². The summed E-state index contributed by atoms with van der Waals surface area (Å²) < 4.78 is 29.4. The number of piperazine rings is 1. The van der Waals surface area contributed by atoms with E-state index in [4.69, 9.17) is 14.7 Å². The molecule has 92 valence electrons. The largest absolute Gasteiger partial charge is 1.00 e. The van der Waals surface area contributed by atoms with Gasteiger partial charge in [-0.25, -0.2) is 9.13 Å². The molecule has 1 atom stereocenters. The van der Waals surface area contributed by atoms with Crippen LogP contribution in [0.15, 0.2) is 0 Å². The average molecular weight is 286 g/mol. The molecule has 0 aromatic carbocycles. The number of hydrogen-bond donors (Lipinski definition) is 4. The third kappa shape index (κ3) is 7.50. The minimum absolute atomic E-state index is 0. The molecule has 1 heterocycles. The summed E-state index contributed by atoms with van der Waals surface area (Å²) in [6.07, 6.45) is 0. The van der Waals surface area contributed by atoms with Gasteiger partial charge in [-0.1, -0.05) is 0 Å². The smallest absolute Gasteiger partial charge is 1.00 e.